The maximum absolute atomic E-state index is 11.4. The lowest BCUT2D eigenvalue weighted by Gasteiger charge is -2.32. The van der Waals surface area contributed by atoms with Crippen molar-refractivity contribution in [3.8, 4) is 0 Å². The standard InChI is InChI=1S/C14H22O/c1-11(15)13-9-8-12-6-4-2-3-5-7-14(12)10-13/h8-9,12-14H,2-7,10H2,1H3. The molecule has 2 rings (SSSR count). The predicted octanol–water partition coefficient (Wildman–Crippen LogP) is 3.74. The van der Waals surface area contributed by atoms with Crippen LogP contribution in [0.3, 0.4) is 0 Å². The van der Waals surface area contributed by atoms with Crippen molar-refractivity contribution >= 4 is 5.78 Å². The van der Waals surface area contributed by atoms with Crippen molar-refractivity contribution in [3.63, 3.8) is 0 Å². The summed E-state index contributed by atoms with van der Waals surface area (Å²) in [5, 5.41) is 0. The van der Waals surface area contributed by atoms with Gasteiger partial charge in [-0.25, -0.2) is 0 Å². The highest BCUT2D eigenvalue weighted by molar-refractivity contribution is 5.80. The quantitative estimate of drug-likeness (QED) is 0.597. The second kappa shape index (κ2) is 4.96. The van der Waals surface area contributed by atoms with Crippen LogP contribution in [0.1, 0.15) is 51.9 Å². The SMILES string of the molecule is CC(=O)C1C=CC2CCCCCCC2C1. The summed E-state index contributed by atoms with van der Waals surface area (Å²) in [6.45, 7) is 1.73. The minimum atomic E-state index is 0.227. The van der Waals surface area contributed by atoms with E-state index >= 15 is 0 Å². The zero-order chi connectivity index (χ0) is 10.7. The first-order valence-corrected chi connectivity index (χ1v) is 6.46. The summed E-state index contributed by atoms with van der Waals surface area (Å²) < 4.78 is 0. The third-order valence-corrected chi connectivity index (χ3v) is 4.14. The maximum atomic E-state index is 11.4. The number of Topliss-reactive ketones (excluding diaryl/α,β-unsaturated/α-hetero) is 1. The molecule has 0 N–H and O–H groups in total. The topological polar surface area (TPSA) is 17.1 Å². The number of carbonyl (C=O) groups is 1. The number of hydrogen-bond acceptors (Lipinski definition) is 1. The highest BCUT2D eigenvalue weighted by atomic mass is 16.1. The van der Waals surface area contributed by atoms with Gasteiger partial charge >= 0.3 is 0 Å². The van der Waals surface area contributed by atoms with Gasteiger partial charge in [-0.2, -0.15) is 0 Å². The van der Waals surface area contributed by atoms with Crippen LogP contribution < -0.4 is 0 Å². The van der Waals surface area contributed by atoms with E-state index in [0.717, 1.165) is 18.3 Å². The minimum absolute atomic E-state index is 0.227. The average Bonchev–Trinajstić information content (AvgIpc) is 2.18. The van der Waals surface area contributed by atoms with Crippen molar-refractivity contribution in [1.29, 1.82) is 0 Å². The lowest BCUT2D eigenvalue weighted by molar-refractivity contribution is -0.120. The number of hydrogen-bond donors (Lipinski definition) is 0. The molecule has 0 aliphatic heterocycles. The first kappa shape index (κ1) is 10.9. The average molecular weight is 206 g/mol. The molecule has 0 bridgehead atoms. The van der Waals surface area contributed by atoms with E-state index in [1.165, 1.54) is 38.5 Å². The van der Waals surface area contributed by atoms with Gasteiger partial charge in [0.1, 0.15) is 5.78 Å². The normalized spacial score (nSPS) is 36.5. The lowest BCUT2D eigenvalue weighted by atomic mass is 9.72. The van der Waals surface area contributed by atoms with Crippen LogP contribution >= 0.6 is 0 Å². The molecule has 0 aromatic heterocycles. The Morgan fingerprint density at radius 3 is 2.53 bits per heavy atom. The second-order valence-corrected chi connectivity index (χ2v) is 5.25. The Balaban J connectivity index is 2.03. The second-order valence-electron chi connectivity index (χ2n) is 5.25. The van der Waals surface area contributed by atoms with E-state index in [2.05, 4.69) is 12.2 Å². The first-order valence-electron chi connectivity index (χ1n) is 6.46. The molecular weight excluding hydrogens is 184 g/mol. The Hall–Kier alpha value is -0.590. The molecule has 3 unspecified atom stereocenters. The summed E-state index contributed by atoms with van der Waals surface area (Å²) in [6.07, 6.45) is 13.9. The Bertz CT molecular complexity index is 254. The zero-order valence-corrected chi connectivity index (χ0v) is 9.74. The van der Waals surface area contributed by atoms with Gasteiger partial charge in [0.2, 0.25) is 0 Å². The number of ketones is 1. The Labute approximate surface area is 92.9 Å². The molecule has 1 fully saturated rings. The van der Waals surface area contributed by atoms with Crippen LogP contribution in [0.25, 0.3) is 0 Å². The molecule has 0 aromatic rings. The zero-order valence-electron chi connectivity index (χ0n) is 9.74. The molecule has 1 nitrogen and oxygen atoms in total. The van der Waals surface area contributed by atoms with Gasteiger partial charge in [-0.1, -0.05) is 37.8 Å². The molecule has 84 valence electrons. The van der Waals surface area contributed by atoms with Crippen LogP contribution in [-0.4, -0.2) is 5.78 Å². The predicted molar refractivity (Wildman–Crippen MR) is 62.6 cm³/mol. The number of carbonyl (C=O) groups excluding carboxylic acids is 1. The van der Waals surface area contributed by atoms with Crippen molar-refractivity contribution in [3.05, 3.63) is 12.2 Å². The van der Waals surface area contributed by atoms with Crippen molar-refractivity contribution in [2.45, 2.75) is 51.9 Å². The highest BCUT2D eigenvalue weighted by Gasteiger charge is 2.28. The molecule has 0 saturated heterocycles. The van der Waals surface area contributed by atoms with Crippen molar-refractivity contribution in [1.82, 2.24) is 0 Å². The van der Waals surface area contributed by atoms with Crippen molar-refractivity contribution < 1.29 is 4.79 Å². The van der Waals surface area contributed by atoms with Gasteiger partial charge < -0.3 is 0 Å². The van der Waals surface area contributed by atoms with Gasteiger partial charge in [0.05, 0.1) is 0 Å². The largest absolute Gasteiger partial charge is 0.299 e. The van der Waals surface area contributed by atoms with Crippen LogP contribution in [0.4, 0.5) is 0 Å². The van der Waals surface area contributed by atoms with Crippen LogP contribution in [0.15, 0.2) is 12.2 Å². The third kappa shape index (κ3) is 2.70. The Morgan fingerprint density at radius 2 is 1.80 bits per heavy atom. The smallest absolute Gasteiger partial charge is 0.136 e. The molecule has 0 spiro atoms. The Kier molecular flexibility index (Phi) is 3.61. The summed E-state index contributed by atoms with van der Waals surface area (Å²) in [4.78, 5) is 11.4. The minimum Gasteiger partial charge on any atom is -0.299 e. The van der Waals surface area contributed by atoms with Gasteiger partial charge in [-0.05, 0) is 38.0 Å². The summed E-state index contributed by atoms with van der Waals surface area (Å²) in [5.74, 6) is 2.16. The first-order chi connectivity index (χ1) is 7.27. The van der Waals surface area contributed by atoms with Crippen LogP contribution in [0.2, 0.25) is 0 Å². The molecule has 3 atom stereocenters. The molecule has 1 heteroatoms. The molecule has 0 aromatic carbocycles. The summed E-state index contributed by atoms with van der Waals surface area (Å²) >= 11 is 0. The molecule has 0 heterocycles. The fourth-order valence-electron chi connectivity index (χ4n) is 3.12. The van der Waals surface area contributed by atoms with E-state index in [-0.39, 0.29) is 5.92 Å². The molecular formula is C14H22O. The lowest BCUT2D eigenvalue weighted by Crippen LogP contribution is -2.25. The van der Waals surface area contributed by atoms with Gasteiger partial charge in [-0.3, -0.25) is 4.79 Å². The molecule has 0 amide bonds. The van der Waals surface area contributed by atoms with E-state index in [9.17, 15) is 4.79 Å². The van der Waals surface area contributed by atoms with E-state index in [0.29, 0.717) is 5.78 Å². The van der Waals surface area contributed by atoms with Crippen molar-refractivity contribution in [2.75, 3.05) is 0 Å². The third-order valence-electron chi connectivity index (χ3n) is 4.14. The molecule has 15 heavy (non-hydrogen) atoms. The van der Waals surface area contributed by atoms with Gasteiger partial charge in [-0.15, -0.1) is 0 Å². The molecule has 1 saturated carbocycles. The van der Waals surface area contributed by atoms with Crippen molar-refractivity contribution in [2.24, 2.45) is 17.8 Å². The van der Waals surface area contributed by atoms with Gasteiger partial charge in [0, 0.05) is 5.92 Å². The molecule has 2 aliphatic rings. The van der Waals surface area contributed by atoms with Crippen LogP contribution in [-0.2, 0) is 4.79 Å². The number of rotatable bonds is 1. The highest BCUT2D eigenvalue weighted by Crippen LogP contribution is 2.37. The van der Waals surface area contributed by atoms with Gasteiger partial charge in [0.15, 0.2) is 0 Å². The van der Waals surface area contributed by atoms with Gasteiger partial charge in [0.25, 0.3) is 0 Å². The Morgan fingerprint density at radius 1 is 1.07 bits per heavy atom. The molecule has 0 radical (unpaired) electrons. The van der Waals surface area contributed by atoms with E-state index in [1.54, 1.807) is 6.92 Å². The summed E-state index contributed by atoms with van der Waals surface area (Å²) in [5.41, 5.74) is 0. The van der Waals surface area contributed by atoms with E-state index in [1.807, 2.05) is 0 Å². The molecule has 2 aliphatic carbocycles. The van der Waals surface area contributed by atoms with E-state index in [4.69, 9.17) is 0 Å². The number of allylic oxidation sites excluding steroid dienone is 2. The van der Waals surface area contributed by atoms with Crippen LogP contribution in [0.5, 0.6) is 0 Å². The van der Waals surface area contributed by atoms with Crippen LogP contribution in [0, 0.1) is 17.8 Å². The summed E-state index contributed by atoms with van der Waals surface area (Å²) in [7, 11) is 0. The number of fused-ring (bicyclic) bond motifs is 1. The van der Waals surface area contributed by atoms with E-state index < -0.39 is 0 Å². The fourth-order valence-corrected chi connectivity index (χ4v) is 3.12. The summed E-state index contributed by atoms with van der Waals surface area (Å²) in [6, 6.07) is 0. The maximum Gasteiger partial charge on any atom is 0.136 e. The fraction of sp³-hybridized carbons (Fsp3) is 0.786. The monoisotopic (exact) mass is 206 g/mol.